The van der Waals surface area contributed by atoms with Gasteiger partial charge in [0.1, 0.15) is 12.6 Å². The van der Waals surface area contributed by atoms with Crippen molar-refractivity contribution >= 4 is 17.5 Å². The topological polar surface area (TPSA) is 34.0 Å². The van der Waals surface area contributed by atoms with E-state index in [2.05, 4.69) is 12.1 Å². The number of amides is 1. The lowest BCUT2D eigenvalue weighted by atomic mass is 10.1. The lowest BCUT2D eigenvalue weighted by Gasteiger charge is -2.33. The Kier molecular flexibility index (Phi) is 4.78. The number of hydrogen-bond acceptors (Lipinski definition) is 2. The molecule has 2 aliphatic heterocycles. The third kappa shape index (κ3) is 3.76. The molecule has 2 fully saturated rings. The summed E-state index contributed by atoms with van der Waals surface area (Å²) < 4.78 is 5.49. The minimum atomic E-state index is -0.178. The summed E-state index contributed by atoms with van der Waals surface area (Å²) in [6.45, 7) is 5.41. The van der Waals surface area contributed by atoms with E-state index in [0.29, 0.717) is 0 Å². The van der Waals surface area contributed by atoms with E-state index >= 15 is 0 Å². The van der Waals surface area contributed by atoms with Crippen molar-refractivity contribution in [1.29, 1.82) is 0 Å². The summed E-state index contributed by atoms with van der Waals surface area (Å²) >= 11 is 5.91. The molecule has 0 spiro atoms. The van der Waals surface area contributed by atoms with Crippen LogP contribution in [-0.4, -0.2) is 49.7 Å². The maximum atomic E-state index is 12.3. The highest BCUT2D eigenvalue weighted by molar-refractivity contribution is 6.30. The number of quaternary nitrogens is 1. The number of carbonyl (C=O) groups is 1. The van der Waals surface area contributed by atoms with Gasteiger partial charge in [-0.25, -0.2) is 0 Å². The average Bonchev–Trinajstić information content (AvgIpc) is 3.04. The summed E-state index contributed by atoms with van der Waals surface area (Å²) in [4.78, 5) is 15.8. The molecule has 0 radical (unpaired) electrons. The smallest absolute Gasteiger partial charge is 0.252 e. The van der Waals surface area contributed by atoms with E-state index in [9.17, 15) is 4.79 Å². The zero-order valence-corrected chi connectivity index (χ0v) is 12.9. The second-order valence-corrected chi connectivity index (χ2v) is 6.32. The number of benzene rings is 1. The Balaban J connectivity index is 1.48. The van der Waals surface area contributed by atoms with Crippen molar-refractivity contribution in [3.63, 3.8) is 0 Å². The molecule has 1 amide bonds. The minimum Gasteiger partial charge on any atom is -0.368 e. The molecule has 114 valence electrons. The quantitative estimate of drug-likeness (QED) is 0.894. The zero-order valence-electron chi connectivity index (χ0n) is 12.2. The first-order valence-electron chi connectivity index (χ1n) is 7.71. The van der Waals surface area contributed by atoms with Gasteiger partial charge in [-0.05, 0) is 25.0 Å². The maximum absolute atomic E-state index is 12.3. The number of nitrogens with zero attached hydrogens (tertiary/aromatic N) is 1. The molecule has 21 heavy (non-hydrogen) atoms. The normalized spacial score (nSPS) is 23.5. The first-order valence-corrected chi connectivity index (χ1v) is 8.08. The molecule has 4 nitrogen and oxygen atoms in total. The van der Waals surface area contributed by atoms with Crippen molar-refractivity contribution in [1.82, 2.24) is 4.90 Å². The van der Waals surface area contributed by atoms with Gasteiger partial charge < -0.3 is 14.5 Å². The molecule has 0 saturated carbocycles. The van der Waals surface area contributed by atoms with E-state index in [4.69, 9.17) is 16.3 Å². The molecule has 0 bridgehead atoms. The molecule has 0 aliphatic carbocycles. The minimum absolute atomic E-state index is 0.178. The van der Waals surface area contributed by atoms with Crippen LogP contribution in [0, 0.1) is 0 Å². The number of halogens is 1. The van der Waals surface area contributed by atoms with Crippen LogP contribution in [0.1, 0.15) is 18.4 Å². The van der Waals surface area contributed by atoms with Crippen molar-refractivity contribution in [2.24, 2.45) is 0 Å². The first-order chi connectivity index (χ1) is 10.2. The van der Waals surface area contributed by atoms with Crippen LogP contribution in [0.4, 0.5) is 0 Å². The number of nitrogens with one attached hydrogen (secondary N) is 1. The molecule has 1 aromatic rings. The van der Waals surface area contributed by atoms with E-state index in [0.717, 1.165) is 57.2 Å². The summed E-state index contributed by atoms with van der Waals surface area (Å²) in [5, 5.41) is 0.778. The number of piperazine rings is 1. The van der Waals surface area contributed by atoms with Crippen LogP contribution in [0.2, 0.25) is 5.02 Å². The van der Waals surface area contributed by atoms with Gasteiger partial charge in [0.15, 0.2) is 0 Å². The van der Waals surface area contributed by atoms with Gasteiger partial charge in [0.25, 0.3) is 5.91 Å². The highest BCUT2D eigenvalue weighted by atomic mass is 35.5. The molecule has 0 aromatic heterocycles. The molecule has 2 saturated heterocycles. The second kappa shape index (κ2) is 6.77. The third-order valence-corrected chi connectivity index (χ3v) is 4.61. The SMILES string of the molecule is O=C([C@H]1CCCO1)N1CC[NH+](Cc2ccc(Cl)cc2)CC1. The van der Waals surface area contributed by atoms with Crippen LogP contribution < -0.4 is 4.90 Å². The van der Waals surface area contributed by atoms with Gasteiger partial charge in [-0.1, -0.05) is 23.7 Å². The van der Waals surface area contributed by atoms with Crippen molar-refractivity contribution in [2.45, 2.75) is 25.5 Å². The highest BCUT2D eigenvalue weighted by Crippen LogP contribution is 2.14. The monoisotopic (exact) mass is 309 g/mol. The van der Waals surface area contributed by atoms with E-state index < -0.39 is 0 Å². The zero-order chi connectivity index (χ0) is 14.7. The number of hydrogen-bond donors (Lipinski definition) is 1. The predicted molar refractivity (Wildman–Crippen MR) is 81.4 cm³/mol. The Hall–Kier alpha value is -1.10. The Bertz CT molecular complexity index is 478. The fraction of sp³-hybridized carbons (Fsp3) is 0.562. The van der Waals surface area contributed by atoms with Crippen LogP contribution in [-0.2, 0) is 16.1 Å². The highest BCUT2D eigenvalue weighted by Gasteiger charge is 2.31. The predicted octanol–water partition coefficient (Wildman–Crippen LogP) is 0.746. The van der Waals surface area contributed by atoms with E-state index in [1.165, 1.54) is 10.5 Å². The van der Waals surface area contributed by atoms with Crippen LogP contribution in [0.25, 0.3) is 0 Å². The molecular weight excluding hydrogens is 288 g/mol. The van der Waals surface area contributed by atoms with Gasteiger partial charge in [-0.3, -0.25) is 4.79 Å². The fourth-order valence-electron chi connectivity index (χ4n) is 3.09. The van der Waals surface area contributed by atoms with Gasteiger partial charge in [0.2, 0.25) is 0 Å². The van der Waals surface area contributed by atoms with Crippen LogP contribution >= 0.6 is 11.6 Å². The van der Waals surface area contributed by atoms with Crippen LogP contribution in [0.3, 0.4) is 0 Å². The molecule has 0 unspecified atom stereocenters. The van der Waals surface area contributed by atoms with Gasteiger partial charge in [0.05, 0.1) is 26.2 Å². The van der Waals surface area contributed by atoms with E-state index in [1.807, 2.05) is 17.0 Å². The maximum Gasteiger partial charge on any atom is 0.252 e. The average molecular weight is 310 g/mol. The van der Waals surface area contributed by atoms with Crippen LogP contribution in [0.5, 0.6) is 0 Å². The summed E-state index contributed by atoms with van der Waals surface area (Å²) in [5.41, 5.74) is 1.30. The number of carbonyl (C=O) groups excluding carboxylic acids is 1. The first kappa shape index (κ1) is 14.8. The van der Waals surface area contributed by atoms with Gasteiger partial charge in [0, 0.05) is 17.2 Å². The molecule has 1 atom stereocenters. The van der Waals surface area contributed by atoms with Gasteiger partial charge in [-0.2, -0.15) is 0 Å². The summed E-state index contributed by atoms with van der Waals surface area (Å²) in [6, 6.07) is 8.04. The number of rotatable bonds is 3. The van der Waals surface area contributed by atoms with Gasteiger partial charge in [-0.15, -0.1) is 0 Å². The summed E-state index contributed by atoms with van der Waals surface area (Å²) in [7, 11) is 0. The summed E-state index contributed by atoms with van der Waals surface area (Å²) in [6.07, 6.45) is 1.72. The standard InChI is InChI=1S/C16H21ClN2O2/c17-14-5-3-13(4-6-14)12-18-7-9-19(10-8-18)16(20)15-2-1-11-21-15/h3-6,15H,1-2,7-12H2/p+1/t15-/m1/s1. The molecule has 5 heteroatoms. The lowest BCUT2D eigenvalue weighted by molar-refractivity contribution is -0.917. The molecule has 1 N–H and O–H groups in total. The van der Waals surface area contributed by atoms with Gasteiger partial charge >= 0.3 is 0 Å². The van der Waals surface area contributed by atoms with E-state index in [1.54, 1.807) is 0 Å². The Labute approximate surface area is 130 Å². The van der Waals surface area contributed by atoms with Crippen molar-refractivity contribution < 1.29 is 14.4 Å². The third-order valence-electron chi connectivity index (χ3n) is 4.35. The van der Waals surface area contributed by atoms with E-state index in [-0.39, 0.29) is 12.0 Å². The summed E-state index contributed by atoms with van der Waals surface area (Å²) in [5.74, 6) is 0.193. The largest absolute Gasteiger partial charge is 0.368 e. The Morgan fingerprint density at radius 2 is 2.00 bits per heavy atom. The molecular formula is C16H22ClN2O2+. The second-order valence-electron chi connectivity index (χ2n) is 5.88. The number of ether oxygens (including phenoxy) is 1. The van der Waals surface area contributed by atoms with Crippen molar-refractivity contribution in [3.8, 4) is 0 Å². The lowest BCUT2D eigenvalue weighted by Crippen LogP contribution is -3.13. The molecule has 1 aromatic carbocycles. The Morgan fingerprint density at radius 3 is 2.62 bits per heavy atom. The fourth-order valence-corrected chi connectivity index (χ4v) is 3.21. The molecule has 3 rings (SSSR count). The van der Waals surface area contributed by atoms with Crippen molar-refractivity contribution in [3.05, 3.63) is 34.9 Å². The van der Waals surface area contributed by atoms with Crippen molar-refractivity contribution in [2.75, 3.05) is 32.8 Å². The molecule has 2 heterocycles. The molecule has 2 aliphatic rings. The van der Waals surface area contributed by atoms with Crippen LogP contribution in [0.15, 0.2) is 24.3 Å². The Morgan fingerprint density at radius 1 is 1.29 bits per heavy atom.